The normalized spacial score (nSPS) is 12.8. The van der Waals surface area contributed by atoms with Crippen LogP contribution in [-0.2, 0) is 40.5 Å². The predicted octanol–water partition coefficient (Wildman–Crippen LogP) is 9.17. The first kappa shape index (κ1) is 45.1. The van der Waals surface area contributed by atoms with E-state index in [0.29, 0.717) is 0 Å². The highest BCUT2D eigenvalue weighted by atomic mass is 32.2. The minimum absolute atomic E-state index is 0.000163. The SMILES string of the molecule is O=C(Nc1ccc2c(O)c(N=Nc3ccc(S(=O)(=O)O)c4ccccc34)c(S(=O)(=O)O)cc2c1)Nc1ccc2c(O)c(N=Nc3ccc(S(=O)(=O)O)c4ccccc34)c(S(=O)(=O)O)cc2c1. The van der Waals surface area contributed by atoms with Crippen LogP contribution in [0.3, 0.4) is 0 Å². The lowest BCUT2D eigenvalue weighted by atomic mass is 10.1. The molecule has 66 heavy (non-hydrogen) atoms. The Morgan fingerprint density at radius 3 is 1.09 bits per heavy atom. The first-order valence-corrected chi connectivity index (χ1v) is 24.2. The summed E-state index contributed by atoms with van der Waals surface area (Å²) in [7, 11) is -19.5. The van der Waals surface area contributed by atoms with Gasteiger partial charge in [-0.05, 0) is 83.6 Å². The lowest BCUT2D eigenvalue weighted by Crippen LogP contribution is -2.19. The number of rotatable bonds is 10. The summed E-state index contributed by atoms with van der Waals surface area (Å²) in [5, 5.41) is 43.7. The third-order valence-electron chi connectivity index (χ3n) is 9.97. The molecule has 0 saturated heterocycles. The van der Waals surface area contributed by atoms with Crippen molar-refractivity contribution in [3.05, 3.63) is 121 Å². The van der Waals surface area contributed by atoms with E-state index in [1.54, 1.807) is 12.1 Å². The van der Waals surface area contributed by atoms with Crippen LogP contribution >= 0.6 is 0 Å². The zero-order valence-corrected chi connectivity index (χ0v) is 36.1. The first-order valence-electron chi connectivity index (χ1n) is 18.4. The van der Waals surface area contributed by atoms with Crippen LogP contribution in [0.4, 0.5) is 38.9 Å². The number of nitrogens with one attached hydrogen (secondary N) is 2. The number of fused-ring (bicyclic) bond motifs is 4. The Morgan fingerprint density at radius 1 is 0.394 bits per heavy atom. The molecule has 0 radical (unpaired) electrons. The Hall–Kier alpha value is -7.49. The molecule has 0 fully saturated rings. The van der Waals surface area contributed by atoms with Crippen LogP contribution in [0.2, 0.25) is 0 Å². The summed E-state index contributed by atoms with van der Waals surface area (Å²) in [6.07, 6.45) is 0. The molecule has 8 aromatic rings. The highest BCUT2D eigenvalue weighted by molar-refractivity contribution is 7.86. The number of phenols is 2. The highest BCUT2D eigenvalue weighted by Gasteiger charge is 2.25. The van der Waals surface area contributed by atoms with E-state index in [9.17, 15) is 66.9 Å². The van der Waals surface area contributed by atoms with Gasteiger partial charge in [-0.15, -0.1) is 20.5 Å². The zero-order valence-electron chi connectivity index (χ0n) is 32.8. The van der Waals surface area contributed by atoms with Crippen LogP contribution in [-0.4, -0.2) is 68.1 Å². The molecule has 8 aromatic carbocycles. The van der Waals surface area contributed by atoms with Gasteiger partial charge in [0.2, 0.25) is 0 Å². The zero-order chi connectivity index (χ0) is 47.5. The molecule has 2 amide bonds. The number of phenolic OH excluding ortho intramolecular Hbond substituents is 2. The van der Waals surface area contributed by atoms with E-state index in [4.69, 9.17) is 0 Å². The van der Waals surface area contributed by atoms with Crippen molar-refractivity contribution < 1.29 is 66.9 Å². The van der Waals surface area contributed by atoms with Crippen LogP contribution in [0.5, 0.6) is 11.5 Å². The van der Waals surface area contributed by atoms with Crippen molar-refractivity contribution in [3.63, 3.8) is 0 Å². The first-order chi connectivity index (χ1) is 31.0. The van der Waals surface area contributed by atoms with Gasteiger partial charge >= 0.3 is 6.03 Å². The van der Waals surface area contributed by atoms with Gasteiger partial charge in [0.05, 0.1) is 11.4 Å². The maximum absolute atomic E-state index is 13.2. The van der Waals surface area contributed by atoms with E-state index in [-0.39, 0.29) is 65.8 Å². The largest absolute Gasteiger partial charge is 0.505 e. The van der Waals surface area contributed by atoms with Gasteiger partial charge in [-0.3, -0.25) is 18.2 Å². The molecule has 25 heteroatoms. The summed E-state index contributed by atoms with van der Waals surface area (Å²) in [6.45, 7) is 0. The van der Waals surface area contributed by atoms with Crippen LogP contribution in [0.1, 0.15) is 0 Å². The monoisotopic (exact) mass is 972 g/mol. The minimum atomic E-state index is -5.10. The number of urea groups is 1. The lowest BCUT2D eigenvalue weighted by molar-refractivity contribution is 0.262. The number of anilines is 2. The molecule has 0 heterocycles. The number of azo groups is 2. The number of carbonyl (C=O) groups excluding carboxylic acids is 1. The van der Waals surface area contributed by atoms with Gasteiger partial charge in [-0.1, -0.05) is 48.5 Å². The van der Waals surface area contributed by atoms with E-state index >= 15 is 0 Å². The Bertz CT molecular complexity index is 3690. The van der Waals surface area contributed by atoms with Crippen molar-refractivity contribution in [2.45, 2.75) is 19.6 Å². The molecule has 0 aliphatic carbocycles. The van der Waals surface area contributed by atoms with Gasteiger partial charge in [-0.2, -0.15) is 33.7 Å². The Morgan fingerprint density at radius 2 is 0.742 bits per heavy atom. The number of hydrogen-bond acceptors (Lipinski definition) is 15. The van der Waals surface area contributed by atoms with Crippen molar-refractivity contribution in [2.24, 2.45) is 20.5 Å². The average Bonchev–Trinajstić information content (AvgIpc) is 3.23. The number of nitrogens with zero attached hydrogens (tertiary/aromatic N) is 4. The topological polar surface area (TPSA) is 349 Å². The Kier molecular flexibility index (Phi) is 11.3. The number of amides is 2. The summed E-state index contributed by atoms with van der Waals surface area (Å²) in [5.74, 6) is -1.48. The lowest BCUT2D eigenvalue weighted by Gasteiger charge is -2.13. The Balaban J connectivity index is 1.07. The third kappa shape index (κ3) is 8.82. The molecule has 0 spiro atoms. The summed E-state index contributed by atoms with van der Waals surface area (Å²) < 4.78 is 137. The molecular formula is C41H28N6O15S4. The highest BCUT2D eigenvalue weighted by Crippen LogP contribution is 2.45. The van der Waals surface area contributed by atoms with Gasteiger partial charge in [0.1, 0.15) is 31.0 Å². The second-order valence-corrected chi connectivity index (χ2v) is 19.7. The maximum Gasteiger partial charge on any atom is 0.323 e. The molecule has 0 unspecified atom stereocenters. The summed E-state index contributed by atoms with van der Waals surface area (Å²) >= 11 is 0. The predicted molar refractivity (Wildman–Crippen MR) is 239 cm³/mol. The molecule has 0 bridgehead atoms. The van der Waals surface area contributed by atoms with E-state index in [2.05, 4.69) is 31.1 Å². The fourth-order valence-electron chi connectivity index (χ4n) is 7.08. The maximum atomic E-state index is 13.2. The smallest absolute Gasteiger partial charge is 0.323 e. The third-order valence-corrected chi connectivity index (χ3v) is 13.5. The van der Waals surface area contributed by atoms with Gasteiger partial charge in [0, 0.05) is 43.7 Å². The molecule has 8 rings (SSSR count). The van der Waals surface area contributed by atoms with E-state index < -0.39 is 89.0 Å². The molecular weight excluding hydrogens is 945 g/mol. The molecule has 8 N–H and O–H groups in total. The van der Waals surface area contributed by atoms with Crippen LogP contribution in [0, 0.1) is 0 Å². The number of hydrogen-bond donors (Lipinski definition) is 8. The number of aromatic hydroxyl groups is 2. The molecule has 0 aliphatic heterocycles. The van der Waals surface area contributed by atoms with E-state index in [0.717, 1.165) is 24.3 Å². The van der Waals surface area contributed by atoms with Crippen molar-refractivity contribution in [2.75, 3.05) is 10.6 Å². The average molecular weight is 973 g/mol. The second-order valence-electron chi connectivity index (χ2n) is 14.2. The summed E-state index contributed by atoms with van der Waals surface area (Å²) in [5.41, 5.74) is -1.24. The van der Waals surface area contributed by atoms with Crippen LogP contribution < -0.4 is 10.6 Å². The number of carbonyl (C=O) groups is 1. The molecule has 0 atom stereocenters. The standard InChI is InChI=1S/C41H28N6O15S4/c48-39-25-11-9-23(17-21(25)19-35(65(57,58)59)37(39)46-44-31-13-15-33(63(51,52)53)29-7-3-1-5-27(29)31)42-41(50)43-24-10-12-26-22(18-24)20-36(66(60,61)62)38(40(26)49)47-45-32-14-16-34(64(54,55)56)30-8-4-2-6-28(30)32/h1-20,48-49H,(H2,42,43,50)(H,51,52,53)(H,54,55,56)(H,57,58,59)(H,60,61,62). The van der Waals surface area contributed by atoms with Gasteiger partial charge < -0.3 is 20.8 Å². The van der Waals surface area contributed by atoms with Gasteiger partial charge in [0.15, 0.2) is 11.5 Å². The summed E-state index contributed by atoms with van der Waals surface area (Å²) in [6, 6.07) is 25.1. The van der Waals surface area contributed by atoms with Crippen molar-refractivity contribution in [3.8, 4) is 11.5 Å². The van der Waals surface area contributed by atoms with Crippen molar-refractivity contribution >= 4 is 124 Å². The van der Waals surface area contributed by atoms with Crippen LogP contribution in [0.15, 0.2) is 161 Å². The molecule has 0 aliphatic rings. The van der Waals surface area contributed by atoms with Crippen molar-refractivity contribution in [1.82, 2.24) is 0 Å². The van der Waals surface area contributed by atoms with Crippen LogP contribution in [0.25, 0.3) is 43.1 Å². The molecule has 0 saturated carbocycles. The van der Waals surface area contributed by atoms with Gasteiger partial charge in [-0.25, -0.2) is 4.79 Å². The number of benzene rings is 8. The quantitative estimate of drug-likeness (QED) is 0.0467. The molecule has 0 aromatic heterocycles. The molecule has 21 nitrogen and oxygen atoms in total. The Labute approximate surface area is 372 Å². The second kappa shape index (κ2) is 16.5. The summed E-state index contributed by atoms with van der Waals surface area (Å²) in [4.78, 5) is 10.6. The minimum Gasteiger partial charge on any atom is -0.505 e. The fourth-order valence-corrected chi connectivity index (χ4v) is 9.79. The van der Waals surface area contributed by atoms with Gasteiger partial charge in [0.25, 0.3) is 40.5 Å². The van der Waals surface area contributed by atoms with E-state index in [1.807, 2.05) is 0 Å². The fraction of sp³-hybridized carbons (Fsp3) is 0. The molecule has 336 valence electrons. The van der Waals surface area contributed by atoms with E-state index in [1.165, 1.54) is 84.9 Å². The van der Waals surface area contributed by atoms with Crippen molar-refractivity contribution in [1.29, 1.82) is 0 Å².